The molecular weight excluding hydrogens is 376 g/mol. The number of carbonyl (C=O) groups is 1. The van der Waals surface area contributed by atoms with E-state index in [-0.39, 0.29) is 18.1 Å². The van der Waals surface area contributed by atoms with E-state index in [1.807, 2.05) is 24.3 Å². The Bertz CT molecular complexity index is 854. The number of aromatic nitrogens is 2. The van der Waals surface area contributed by atoms with Gasteiger partial charge in [0.2, 0.25) is 0 Å². The van der Waals surface area contributed by atoms with Gasteiger partial charge in [-0.15, -0.1) is 0 Å². The lowest BCUT2D eigenvalue weighted by molar-refractivity contribution is -0.0502. The lowest BCUT2D eigenvalue weighted by atomic mass is 10.1. The van der Waals surface area contributed by atoms with Crippen LogP contribution in [0.3, 0.4) is 0 Å². The first-order valence-electron chi connectivity index (χ1n) is 9.89. The molecule has 6 nitrogen and oxygen atoms in total. The van der Waals surface area contributed by atoms with Crippen LogP contribution in [0.25, 0.3) is 0 Å². The summed E-state index contributed by atoms with van der Waals surface area (Å²) in [6.07, 6.45) is 6.57. The molecule has 0 spiro atoms. The Morgan fingerprint density at radius 1 is 1.14 bits per heavy atom. The monoisotopic (exact) mass is 398 g/mol. The number of amides is 1. The van der Waals surface area contributed by atoms with Gasteiger partial charge in [-0.25, -0.2) is 9.97 Å². The molecule has 1 aromatic heterocycles. The van der Waals surface area contributed by atoms with Crippen molar-refractivity contribution in [2.75, 3.05) is 19.7 Å². The fraction of sp³-hybridized carbons (Fsp3) is 0.476. The number of nitrogens with zero attached hydrogens (tertiary/aromatic N) is 3. The van der Waals surface area contributed by atoms with Crippen molar-refractivity contribution in [2.24, 2.45) is 0 Å². The van der Waals surface area contributed by atoms with E-state index in [0.29, 0.717) is 24.1 Å². The third-order valence-electron chi connectivity index (χ3n) is 5.87. The molecule has 0 unspecified atom stereocenters. The summed E-state index contributed by atoms with van der Waals surface area (Å²) in [5.41, 5.74) is 1.67. The SMILES string of the molecule is O=C(N[C@@H]1C[C@H]2CO[C@@H](c3ccc(Cl)cc3)CN2C1)c1cnc(C2CC2)nc1. The molecule has 3 aliphatic rings. The number of benzene rings is 1. The van der Waals surface area contributed by atoms with Crippen LogP contribution in [0.5, 0.6) is 0 Å². The highest BCUT2D eigenvalue weighted by molar-refractivity contribution is 6.30. The van der Waals surface area contributed by atoms with Gasteiger partial charge < -0.3 is 10.1 Å². The molecule has 3 atom stereocenters. The first kappa shape index (κ1) is 18.0. The Kier molecular flexibility index (Phi) is 4.78. The molecular formula is C21H23ClN4O2. The van der Waals surface area contributed by atoms with Gasteiger partial charge in [0.25, 0.3) is 5.91 Å². The predicted octanol–water partition coefficient (Wildman–Crippen LogP) is 2.95. The van der Waals surface area contributed by atoms with Crippen LogP contribution in [0.4, 0.5) is 0 Å². The van der Waals surface area contributed by atoms with E-state index in [2.05, 4.69) is 20.2 Å². The molecule has 0 radical (unpaired) electrons. The highest BCUT2D eigenvalue weighted by Gasteiger charge is 2.38. The summed E-state index contributed by atoms with van der Waals surface area (Å²) in [6, 6.07) is 8.31. The molecule has 1 saturated carbocycles. The van der Waals surface area contributed by atoms with E-state index in [0.717, 1.165) is 48.8 Å². The highest BCUT2D eigenvalue weighted by atomic mass is 35.5. The largest absolute Gasteiger partial charge is 0.371 e. The van der Waals surface area contributed by atoms with E-state index in [1.165, 1.54) is 0 Å². The quantitative estimate of drug-likeness (QED) is 0.857. The number of nitrogens with one attached hydrogen (secondary N) is 1. The maximum atomic E-state index is 12.6. The van der Waals surface area contributed by atoms with Crippen molar-refractivity contribution in [3.05, 3.63) is 58.6 Å². The van der Waals surface area contributed by atoms with Crippen molar-refractivity contribution in [1.29, 1.82) is 0 Å². The summed E-state index contributed by atoms with van der Waals surface area (Å²) in [4.78, 5) is 23.7. The molecule has 146 valence electrons. The van der Waals surface area contributed by atoms with Crippen LogP contribution < -0.4 is 5.32 Å². The van der Waals surface area contributed by atoms with E-state index in [4.69, 9.17) is 16.3 Å². The zero-order valence-corrected chi connectivity index (χ0v) is 16.3. The number of rotatable bonds is 4. The van der Waals surface area contributed by atoms with Crippen molar-refractivity contribution in [3.63, 3.8) is 0 Å². The zero-order valence-electron chi connectivity index (χ0n) is 15.6. The maximum absolute atomic E-state index is 12.6. The summed E-state index contributed by atoms with van der Waals surface area (Å²) in [6.45, 7) is 2.35. The third kappa shape index (κ3) is 3.77. The van der Waals surface area contributed by atoms with Crippen molar-refractivity contribution in [1.82, 2.24) is 20.2 Å². The molecule has 2 aliphatic heterocycles. The fourth-order valence-electron chi connectivity index (χ4n) is 4.13. The number of hydrogen-bond donors (Lipinski definition) is 1. The van der Waals surface area contributed by atoms with Crippen LogP contribution >= 0.6 is 11.6 Å². The van der Waals surface area contributed by atoms with Crippen LogP contribution in [0.15, 0.2) is 36.7 Å². The summed E-state index contributed by atoms with van der Waals surface area (Å²) in [7, 11) is 0. The van der Waals surface area contributed by atoms with Gasteiger partial charge in [0.05, 0.1) is 18.3 Å². The van der Waals surface area contributed by atoms with Gasteiger partial charge in [-0.3, -0.25) is 9.69 Å². The van der Waals surface area contributed by atoms with E-state index < -0.39 is 0 Å². The Labute approximate surface area is 169 Å². The number of carbonyl (C=O) groups excluding carboxylic acids is 1. The van der Waals surface area contributed by atoms with E-state index in [9.17, 15) is 4.79 Å². The molecule has 1 amide bonds. The van der Waals surface area contributed by atoms with Gasteiger partial charge in [0.1, 0.15) is 5.82 Å². The number of halogens is 1. The van der Waals surface area contributed by atoms with Crippen molar-refractivity contribution in [3.8, 4) is 0 Å². The van der Waals surface area contributed by atoms with Crippen molar-refractivity contribution >= 4 is 17.5 Å². The minimum atomic E-state index is -0.0950. The topological polar surface area (TPSA) is 67.3 Å². The van der Waals surface area contributed by atoms with Gasteiger partial charge in [-0.2, -0.15) is 0 Å². The molecule has 1 aliphatic carbocycles. The number of hydrogen-bond acceptors (Lipinski definition) is 5. The molecule has 2 saturated heterocycles. The zero-order chi connectivity index (χ0) is 19.1. The second kappa shape index (κ2) is 7.43. The van der Waals surface area contributed by atoms with E-state index >= 15 is 0 Å². The Morgan fingerprint density at radius 2 is 1.89 bits per heavy atom. The highest BCUT2D eigenvalue weighted by Crippen LogP contribution is 2.37. The maximum Gasteiger partial charge on any atom is 0.254 e. The van der Waals surface area contributed by atoms with E-state index in [1.54, 1.807) is 12.4 Å². The lowest BCUT2D eigenvalue weighted by Crippen LogP contribution is -2.43. The third-order valence-corrected chi connectivity index (χ3v) is 6.12. The molecule has 0 bridgehead atoms. The summed E-state index contributed by atoms with van der Waals surface area (Å²) in [5, 5.41) is 3.88. The Hall–Kier alpha value is -2.02. The Morgan fingerprint density at radius 3 is 2.61 bits per heavy atom. The fourth-order valence-corrected chi connectivity index (χ4v) is 4.26. The van der Waals surface area contributed by atoms with Gasteiger partial charge in [-0.05, 0) is 37.0 Å². The molecule has 3 heterocycles. The molecule has 28 heavy (non-hydrogen) atoms. The van der Waals surface area contributed by atoms with Gasteiger partial charge in [-0.1, -0.05) is 23.7 Å². The molecule has 1 N–H and O–H groups in total. The van der Waals surface area contributed by atoms with Crippen LogP contribution in [-0.2, 0) is 4.74 Å². The molecule has 3 fully saturated rings. The van der Waals surface area contributed by atoms with Crippen LogP contribution in [0.2, 0.25) is 5.02 Å². The first-order valence-corrected chi connectivity index (χ1v) is 10.3. The standard InChI is InChI=1S/C21H23ClN4O2/c22-16-5-3-13(4-6-16)19-11-26-10-17(7-18(26)12-28-19)25-21(27)15-8-23-20(24-9-15)14-1-2-14/h3-6,8-9,14,17-19H,1-2,7,10-12H2,(H,25,27)/t17-,18+,19-/m1/s1. The minimum Gasteiger partial charge on any atom is -0.371 e. The average molecular weight is 399 g/mol. The number of ether oxygens (including phenoxy) is 1. The normalized spacial score (nSPS) is 27.4. The minimum absolute atomic E-state index is 0.0475. The van der Waals surface area contributed by atoms with Gasteiger partial charge in [0, 0.05) is 48.5 Å². The average Bonchev–Trinajstić information content (AvgIpc) is 3.48. The lowest BCUT2D eigenvalue weighted by Gasteiger charge is -2.35. The second-order valence-electron chi connectivity index (χ2n) is 7.99. The van der Waals surface area contributed by atoms with Crippen LogP contribution in [-0.4, -0.2) is 52.6 Å². The van der Waals surface area contributed by atoms with Crippen LogP contribution in [0, 0.1) is 0 Å². The van der Waals surface area contributed by atoms with Crippen LogP contribution in [0.1, 0.15) is 53.0 Å². The van der Waals surface area contributed by atoms with Gasteiger partial charge >= 0.3 is 0 Å². The smallest absolute Gasteiger partial charge is 0.254 e. The molecule has 1 aromatic carbocycles. The first-order chi connectivity index (χ1) is 13.7. The number of morpholine rings is 1. The van der Waals surface area contributed by atoms with Gasteiger partial charge in [0.15, 0.2) is 0 Å². The van der Waals surface area contributed by atoms with Crippen molar-refractivity contribution in [2.45, 2.75) is 43.4 Å². The van der Waals surface area contributed by atoms with Crippen molar-refractivity contribution < 1.29 is 9.53 Å². The summed E-state index contributed by atoms with van der Waals surface area (Å²) >= 11 is 5.98. The Balaban J connectivity index is 1.18. The molecule has 7 heteroatoms. The predicted molar refractivity (Wildman–Crippen MR) is 105 cm³/mol. The summed E-state index contributed by atoms with van der Waals surface area (Å²) in [5.74, 6) is 1.26. The molecule has 2 aromatic rings. The molecule has 5 rings (SSSR count). The summed E-state index contributed by atoms with van der Waals surface area (Å²) < 4.78 is 6.08. The number of fused-ring (bicyclic) bond motifs is 1. The second-order valence-corrected chi connectivity index (χ2v) is 8.43.